The summed E-state index contributed by atoms with van der Waals surface area (Å²) in [6, 6.07) is 9.31. The molecule has 0 aliphatic heterocycles. The highest BCUT2D eigenvalue weighted by molar-refractivity contribution is 7.19. The second kappa shape index (κ2) is 13.0. The predicted octanol–water partition coefficient (Wildman–Crippen LogP) is -0.153. The molecule has 4 amide bonds. The first kappa shape index (κ1) is 27.8. The van der Waals surface area contributed by atoms with E-state index in [-0.39, 0.29) is 30.5 Å². The molecule has 2 aromatic heterocycles. The molecule has 0 spiro atoms. The Kier molecular flexibility index (Phi) is 9.48. The number of nitrogens with two attached hydrogens (primary N) is 3. The van der Waals surface area contributed by atoms with Crippen LogP contribution in [0.2, 0.25) is 0 Å². The van der Waals surface area contributed by atoms with Crippen molar-refractivity contribution in [3.05, 3.63) is 53.3 Å². The van der Waals surface area contributed by atoms with Gasteiger partial charge in [-0.1, -0.05) is 29.5 Å². The predicted molar refractivity (Wildman–Crippen MR) is 142 cm³/mol. The van der Waals surface area contributed by atoms with E-state index in [1.54, 1.807) is 31.2 Å². The number of hydrogen-bond acceptors (Lipinski definition) is 8. The number of carbonyl (C=O) groups excluding carboxylic acids is 4. The highest BCUT2D eigenvalue weighted by Gasteiger charge is 2.20. The minimum absolute atomic E-state index is 0.0409. The van der Waals surface area contributed by atoms with E-state index in [4.69, 9.17) is 17.2 Å². The standard InChI is InChI=1S/C23H28N10O4S/c1-12-18(38-23(29-12)31-20(36)13-6-3-2-4-7-13)15-10-16(33-32-15)21(37)28-11-17(34)30-14(19(24)35)8-5-9-27-22(25)26/h2-4,6-7,10,14H,5,8-9,11H2,1H3,(H2,24,35)(H,28,37)(H,30,34)(H,32,33)(H4,25,26,27)(H,29,31,36)/t14-/m1/s1. The number of rotatable bonds is 12. The molecule has 3 rings (SSSR count). The molecule has 1 aromatic carbocycles. The van der Waals surface area contributed by atoms with Crippen LogP contribution < -0.4 is 33.2 Å². The van der Waals surface area contributed by atoms with Gasteiger partial charge in [-0.15, -0.1) is 0 Å². The van der Waals surface area contributed by atoms with Gasteiger partial charge in [0, 0.05) is 12.1 Å². The molecule has 3 aromatic rings. The zero-order valence-corrected chi connectivity index (χ0v) is 21.3. The zero-order chi connectivity index (χ0) is 27.7. The second-order valence-corrected chi connectivity index (χ2v) is 9.07. The molecule has 0 saturated heterocycles. The maximum atomic E-state index is 12.5. The van der Waals surface area contributed by atoms with Crippen LogP contribution in [0.25, 0.3) is 10.6 Å². The van der Waals surface area contributed by atoms with Crippen LogP contribution in [0.3, 0.4) is 0 Å². The third kappa shape index (κ3) is 7.86. The largest absolute Gasteiger partial charge is 0.370 e. The van der Waals surface area contributed by atoms with Crippen LogP contribution in [0.1, 0.15) is 39.4 Å². The molecule has 15 heteroatoms. The van der Waals surface area contributed by atoms with Crippen LogP contribution in [-0.4, -0.2) is 63.9 Å². The minimum Gasteiger partial charge on any atom is -0.370 e. The number of nitrogens with one attached hydrogen (secondary N) is 4. The number of benzene rings is 1. The Labute approximate surface area is 221 Å². The molecule has 0 aliphatic rings. The molecule has 0 fully saturated rings. The first-order valence-corrected chi connectivity index (χ1v) is 12.3. The number of anilines is 1. The zero-order valence-electron chi connectivity index (χ0n) is 20.5. The SMILES string of the molecule is Cc1nc(NC(=O)c2ccccc2)sc1-c1cc(C(=O)NCC(=O)N[C@H](CCCN=C(N)N)C(N)=O)n[nH]1. The molecule has 200 valence electrons. The molecule has 38 heavy (non-hydrogen) atoms. The molecule has 14 nitrogen and oxygen atoms in total. The van der Waals surface area contributed by atoms with E-state index in [1.165, 1.54) is 17.4 Å². The van der Waals surface area contributed by atoms with Crippen molar-refractivity contribution in [3.63, 3.8) is 0 Å². The Hall–Kier alpha value is -4.79. The molecule has 1 atom stereocenters. The fourth-order valence-corrected chi connectivity index (χ4v) is 4.23. The quantitative estimate of drug-likeness (QED) is 0.0923. The van der Waals surface area contributed by atoms with Crippen molar-refractivity contribution >= 4 is 46.1 Å². The lowest BCUT2D eigenvalue weighted by Crippen LogP contribution is -2.48. The molecule has 0 radical (unpaired) electrons. The number of nitrogens with zero attached hydrogens (tertiary/aromatic N) is 3. The Bertz CT molecular complexity index is 1330. The van der Waals surface area contributed by atoms with Crippen molar-refractivity contribution < 1.29 is 19.2 Å². The van der Waals surface area contributed by atoms with E-state index in [1.807, 2.05) is 6.07 Å². The molecule has 2 heterocycles. The average molecular weight is 541 g/mol. The number of carbonyl (C=O) groups is 4. The maximum absolute atomic E-state index is 12.5. The monoisotopic (exact) mass is 540 g/mol. The Morgan fingerprint density at radius 2 is 1.84 bits per heavy atom. The number of primary amides is 1. The summed E-state index contributed by atoms with van der Waals surface area (Å²) in [6.45, 7) is 1.65. The normalized spacial score (nSPS) is 11.3. The van der Waals surface area contributed by atoms with E-state index >= 15 is 0 Å². The molecule has 10 N–H and O–H groups in total. The van der Waals surface area contributed by atoms with Crippen molar-refractivity contribution in [1.82, 2.24) is 25.8 Å². The summed E-state index contributed by atoms with van der Waals surface area (Å²) in [5.41, 5.74) is 17.5. The first-order chi connectivity index (χ1) is 18.1. The molecular formula is C23H28N10O4S. The Morgan fingerprint density at radius 1 is 1.11 bits per heavy atom. The Morgan fingerprint density at radius 3 is 2.53 bits per heavy atom. The molecule has 0 unspecified atom stereocenters. The third-order valence-electron chi connectivity index (χ3n) is 5.14. The number of aliphatic imine (C=N–C) groups is 1. The Balaban J connectivity index is 1.54. The van der Waals surface area contributed by atoms with Gasteiger partial charge in [-0.25, -0.2) is 4.98 Å². The van der Waals surface area contributed by atoms with E-state index in [9.17, 15) is 19.2 Å². The van der Waals surface area contributed by atoms with Crippen LogP contribution in [-0.2, 0) is 9.59 Å². The summed E-state index contributed by atoms with van der Waals surface area (Å²) < 4.78 is 0. The summed E-state index contributed by atoms with van der Waals surface area (Å²) in [5, 5.41) is 14.8. The van der Waals surface area contributed by atoms with Crippen LogP contribution in [0, 0.1) is 6.92 Å². The van der Waals surface area contributed by atoms with Crippen LogP contribution in [0.5, 0.6) is 0 Å². The fourth-order valence-electron chi connectivity index (χ4n) is 3.30. The first-order valence-electron chi connectivity index (χ1n) is 11.5. The number of thiazole rings is 1. The highest BCUT2D eigenvalue weighted by atomic mass is 32.1. The highest BCUT2D eigenvalue weighted by Crippen LogP contribution is 2.32. The van der Waals surface area contributed by atoms with Gasteiger partial charge in [0.05, 0.1) is 22.8 Å². The minimum atomic E-state index is -0.934. The van der Waals surface area contributed by atoms with Crippen LogP contribution >= 0.6 is 11.3 Å². The molecular weight excluding hydrogens is 512 g/mol. The summed E-state index contributed by atoms with van der Waals surface area (Å²) in [6.07, 6.45) is 0.652. The number of H-pyrrole nitrogens is 1. The lowest BCUT2D eigenvalue weighted by atomic mass is 10.1. The summed E-state index contributed by atoms with van der Waals surface area (Å²) >= 11 is 1.22. The molecule has 0 bridgehead atoms. The fraction of sp³-hybridized carbons (Fsp3) is 0.261. The summed E-state index contributed by atoms with van der Waals surface area (Å²) in [5.74, 6) is -2.29. The lowest BCUT2D eigenvalue weighted by Gasteiger charge is -2.15. The van der Waals surface area contributed by atoms with E-state index in [2.05, 4.69) is 36.1 Å². The number of hydrogen-bond donors (Lipinski definition) is 7. The maximum Gasteiger partial charge on any atom is 0.272 e. The van der Waals surface area contributed by atoms with Gasteiger partial charge in [0.25, 0.3) is 11.8 Å². The van der Waals surface area contributed by atoms with Crippen molar-refractivity contribution in [2.75, 3.05) is 18.4 Å². The van der Waals surface area contributed by atoms with Crippen molar-refractivity contribution in [3.8, 4) is 10.6 Å². The second-order valence-electron chi connectivity index (χ2n) is 8.07. The van der Waals surface area contributed by atoms with Crippen molar-refractivity contribution in [2.24, 2.45) is 22.2 Å². The number of aryl methyl sites for hydroxylation is 1. The van der Waals surface area contributed by atoms with E-state index in [0.717, 1.165) is 0 Å². The topological polar surface area (TPSA) is 236 Å². The van der Waals surface area contributed by atoms with Gasteiger partial charge in [-0.05, 0) is 38.0 Å². The van der Waals surface area contributed by atoms with Gasteiger partial charge in [-0.3, -0.25) is 34.6 Å². The van der Waals surface area contributed by atoms with E-state index in [0.29, 0.717) is 33.4 Å². The van der Waals surface area contributed by atoms with Crippen molar-refractivity contribution in [2.45, 2.75) is 25.8 Å². The smallest absolute Gasteiger partial charge is 0.272 e. The number of aromatic nitrogens is 3. The van der Waals surface area contributed by atoms with Gasteiger partial charge in [-0.2, -0.15) is 5.10 Å². The number of aromatic amines is 1. The van der Waals surface area contributed by atoms with Crippen LogP contribution in [0.15, 0.2) is 41.4 Å². The number of amides is 4. The summed E-state index contributed by atoms with van der Waals surface area (Å²) in [4.78, 5) is 57.6. The lowest BCUT2D eigenvalue weighted by molar-refractivity contribution is -0.126. The van der Waals surface area contributed by atoms with Gasteiger partial charge in [0.2, 0.25) is 11.8 Å². The van der Waals surface area contributed by atoms with E-state index < -0.39 is 30.3 Å². The number of guanidine groups is 1. The van der Waals surface area contributed by atoms with Gasteiger partial charge >= 0.3 is 0 Å². The molecule has 0 aliphatic carbocycles. The van der Waals surface area contributed by atoms with Crippen LogP contribution in [0.4, 0.5) is 5.13 Å². The van der Waals surface area contributed by atoms with Crippen molar-refractivity contribution in [1.29, 1.82) is 0 Å². The summed E-state index contributed by atoms with van der Waals surface area (Å²) in [7, 11) is 0. The third-order valence-corrected chi connectivity index (χ3v) is 6.25. The molecule has 0 saturated carbocycles. The van der Waals surface area contributed by atoms with Gasteiger partial charge < -0.3 is 27.8 Å². The average Bonchev–Trinajstić information content (AvgIpc) is 3.51. The van der Waals surface area contributed by atoms with Gasteiger partial charge in [0.15, 0.2) is 16.8 Å². The van der Waals surface area contributed by atoms with Gasteiger partial charge in [0.1, 0.15) is 6.04 Å².